The van der Waals surface area contributed by atoms with Gasteiger partial charge in [-0.25, -0.2) is 0 Å². The molecule has 0 aromatic heterocycles. The van der Waals surface area contributed by atoms with E-state index in [1.165, 1.54) is 0 Å². The van der Waals surface area contributed by atoms with Crippen LogP contribution >= 0.6 is 0 Å². The standard InChI is InChI=1S/C7H14N2O/c1-3-7(2)4-6(8)9(10)5-7/h3-5,8H2,1-2H3. The van der Waals surface area contributed by atoms with Crippen molar-refractivity contribution in [1.29, 1.82) is 0 Å². The first-order valence-electron chi connectivity index (χ1n) is 3.63. The fraction of sp³-hybridized carbons (Fsp3) is 0.857. The maximum atomic E-state index is 10.9. The Morgan fingerprint density at radius 2 is 2.40 bits per heavy atom. The molecular formula is C7H14N2O. The normalized spacial score (nSPS) is 33.4. The van der Waals surface area contributed by atoms with Crippen LogP contribution in [-0.2, 0) is 0 Å². The van der Waals surface area contributed by atoms with Gasteiger partial charge in [0.05, 0.1) is 13.0 Å². The molecule has 0 aromatic rings. The Kier molecular flexibility index (Phi) is 1.58. The van der Waals surface area contributed by atoms with E-state index >= 15 is 0 Å². The molecule has 0 fully saturated rings. The third-order valence-electron chi connectivity index (χ3n) is 2.31. The molecule has 0 aromatic carbocycles. The molecule has 0 radical (unpaired) electrons. The minimum atomic E-state index is 0.131. The van der Waals surface area contributed by atoms with Gasteiger partial charge in [0.25, 0.3) is 0 Å². The van der Waals surface area contributed by atoms with E-state index in [0.717, 1.165) is 17.6 Å². The van der Waals surface area contributed by atoms with Gasteiger partial charge in [-0.05, 0) is 6.42 Å². The van der Waals surface area contributed by atoms with Crippen LogP contribution in [0.15, 0.2) is 0 Å². The summed E-state index contributed by atoms with van der Waals surface area (Å²) in [7, 11) is 0. The molecule has 3 heteroatoms. The Hall–Kier alpha value is -0.730. The molecule has 58 valence electrons. The number of hydroxylamine groups is 1. The van der Waals surface area contributed by atoms with Crippen molar-refractivity contribution in [3.05, 3.63) is 5.21 Å². The lowest BCUT2D eigenvalue weighted by molar-refractivity contribution is -0.462. The minimum Gasteiger partial charge on any atom is -0.715 e. The SMILES string of the molecule is CCC1(C)CC(N)=[N+]([O-])C1. The number of hydrogen-bond acceptors (Lipinski definition) is 2. The van der Waals surface area contributed by atoms with Crippen LogP contribution in [0.2, 0.25) is 0 Å². The predicted octanol–water partition coefficient (Wildman–Crippen LogP) is 0.674. The molecule has 2 N–H and O–H groups in total. The van der Waals surface area contributed by atoms with Gasteiger partial charge in [-0.15, -0.1) is 0 Å². The van der Waals surface area contributed by atoms with Crippen LogP contribution in [0.5, 0.6) is 0 Å². The Labute approximate surface area is 61.1 Å². The quantitative estimate of drug-likeness (QED) is 0.432. The van der Waals surface area contributed by atoms with Crippen molar-refractivity contribution >= 4 is 5.84 Å². The number of rotatable bonds is 1. The Bertz CT molecular complexity index is 160. The fourth-order valence-electron chi connectivity index (χ4n) is 1.27. The topological polar surface area (TPSA) is 52.1 Å². The van der Waals surface area contributed by atoms with Gasteiger partial charge in [-0.3, -0.25) is 10.5 Å². The van der Waals surface area contributed by atoms with Gasteiger partial charge in [0, 0.05) is 5.41 Å². The molecule has 0 bridgehead atoms. The lowest BCUT2D eigenvalue weighted by Gasteiger charge is -2.18. The molecule has 0 spiro atoms. The lowest BCUT2D eigenvalue weighted by atomic mass is 9.86. The third-order valence-corrected chi connectivity index (χ3v) is 2.31. The number of hydrogen-bond donors (Lipinski definition) is 1. The maximum absolute atomic E-state index is 10.9. The van der Waals surface area contributed by atoms with Crippen molar-refractivity contribution in [1.82, 2.24) is 0 Å². The Morgan fingerprint density at radius 3 is 2.60 bits per heavy atom. The Morgan fingerprint density at radius 1 is 1.80 bits per heavy atom. The number of nitrogens with two attached hydrogens (primary N) is 1. The molecule has 3 nitrogen and oxygen atoms in total. The second-order valence-corrected chi connectivity index (χ2v) is 3.37. The smallest absolute Gasteiger partial charge is 0.246 e. The highest BCUT2D eigenvalue weighted by Gasteiger charge is 2.33. The summed E-state index contributed by atoms with van der Waals surface area (Å²) in [5.41, 5.74) is 5.59. The first-order chi connectivity index (χ1) is 4.57. The van der Waals surface area contributed by atoms with Crippen LogP contribution in [0.4, 0.5) is 0 Å². The molecule has 0 amide bonds. The maximum Gasteiger partial charge on any atom is 0.246 e. The van der Waals surface area contributed by atoms with Crippen molar-refractivity contribution in [3.8, 4) is 0 Å². The zero-order chi connectivity index (χ0) is 7.78. The van der Waals surface area contributed by atoms with Gasteiger partial charge in [0.2, 0.25) is 5.84 Å². The molecule has 1 atom stereocenters. The summed E-state index contributed by atoms with van der Waals surface area (Å²) < 4.78 is 0.906. The van der Waals surface area contributed by atoms with Crippen LogP contribution < -0.4 is 5.73 Å². The summed E-state index contributed by atoms with van der Waals surface area (Å²) in [6.07, 6.45) is 1.78. The van der Waals surface area contributed by atoms with Crippen LogP contribution in [-0.4, -0.2) is 17.1 Å². The van der Waals surface area contributed by atoms with Gasteiger partial charge in [0.15, 0.2) is 0 Å². The third kappa shape index (κ3) is 1.08. The molecule has 1 aliphatic heterocycles. The molecule has 10 heavy (non-hydrogen) atoms. The van der Waals surface area contributed by atoms with E-state index in [-0.39, 0.29) is 5.41 Å². The Balaban J connectivity index is 2.66. The molecule has 1 heterocycles. The van der Waals surface area contributed by atoms with Gasteiger partial charge >= 0.3 is 0 Å². The summed E-state index contributed by atoms with van der Waals surface area (Å²) >= 11 is 0. The molecule has 0 aliphatic carbocycles. The molecular weight excluding hydrogens is 128 g/mol. The van der Waals surface area contributed by atoms with Crippen LogP contribution in [0.25, 0.3) is 0 Å². The molecule has 1 rings (SSSR count). The molecule has 1 aliphatic rings. The summed E-state index contributed by atoms with van der Waals surface area (Å²) in [5, 5.41) is 10.9. The van der Waals surface area contributed by atoms with Crippen molar-refractivity contribution in [2.75, 3.05) is 6.54 Å². The molecule has 0 saturated heterocycles. The second-order valence-electron chi connectivity index (χ2n) is 3.37. The van der Waals surface area contributed by atoms with E-state index in [0.29, 0.717) is 12.4 Å². The van der Waals surface area contributed by atoms with E-state index in [4.69, 9.17) is 5.73 Å². The van der Waals surface area contributed by atoms with Gasteiger partial charge in [-0.1, -0.05) is 13.8 Å². The van der Waals surface area contributed by atoms with Gasteiger partial charge in [-0.2, -0.15) is 0 Å². The van der Waals surface area contributed by atoms with Crippen molar-refractivity contribution in [3.63, 3.8) is 0 Å². The predicted molar refractivity (Wildman–Crippen MR) is 40.7 cm³/mol. The van der Waals surface area contributed by atoms with E-state index in [1.54, 1.807) is 0 Å². The summed E-state index contributed by atoms with van der Waals surface area (Å²) in [5.74, 6) is 0.490. The fourth-order valence-corrected chi connectivity index (χ4v) is 1.27. The van der Waals surface area contributed by atoms with Crippen molar-refractivity contribution in [2.24, 2.45) is 11.1 Å². The van der Waals surface area contributed by atoms with Crippen molar-refractivity contribution in [2.45, 2.75) is 26.7 Å². The summed E-state index contributed by atoms with van der Waals surface area (Å²) in [6.45, 7) is 4.75. The average molecular weight is 142 g/mol. The van der Waals surface area contributed by atoms with Gasteiger partial charge < -0.3 is 5.21 Å². The van der Waals surface area contributed by atoms with E-state index < -0.39 is 0 Å². The molecule has 1 unspecified atom stereocenters. The highest BCUT2D eigenvalue weighted by atomic mass is 16.5. The van der Waals surface area contributed by atoms with Crippen LogP contribution in [0.1, 0.15) is 26.7 Å². The second kappa shape index (κ2) is 2.15. The van der Waals surface area contributed by atoms with E-state index in [1.807, 2.05) is 0 Å². The largest absolute Gasteiger partial charge is 0.715 e. The zero-order valence-electron chi connectivity index (χ0n) is 6.55. The summed E-state index contributed by atoms with van der Waals surface area (Å²) in [6, 6.07) is 0. The highest BCUT2D eigenvalue weighted by molar-refractivity contribution is 5.77. The highest BCUT2D eigenvalue weighted by Crippen LogP contribution is 2.29. The lowest BCUT2D eigenvalue weighted by Crippen LogP contribution is -2.19. The molecule has 0 saturated carbocycles. The van der Waals surface area contributed by atoms with E-state index in [9.17, 15) is 5.21 Å². The van der Waals surface area contributed by atoms with Crippen molar-refractivity contribution < 1.29 is 4.74 Å². The first kappa shape index (κ1) is 7.38. The van der Waals surface area contributed by atoms with Crippen LogP contribution in [0.3, 0.4) is 0 Å². The van der Waals surface area contributed by atoms with Crippen LogP contribution in [0, 0.1) is 10.6 Å². The van der Waals surface area contributed by atoms with Gasteiger partial charge in [0.1, 0.15) is 0 Å². The monoisotopic (exact) mass is 142 g/mol. The zero-order valence-corrected chi connectivity index (χ0v) is 6.55. The van der Waals surface area contributed by atoms with E-state index in [2.05, 4.69) is 13.8 Å². The first-order valence-corrected chi connectivity index (χ1v) is 3.63. The minimum absolute atomic E-state index is 0.131. The average Bonchev–Trinajstić information content (AvgIpc) is 2.10. The number of nitrogens with zero attached hydrogens (tertiary/aromatic N) is 1. The number of amidine groups is 1. The summed E-state index contributed by atoms with van der Waals surface area (Å²) in [4.78, 5) is 0.